The van der Waals surface area contributed by atoms with Crippen molar-refractivity contribution in [2.24, 2.45) is 11.7 Å². The highest BCUT2D eigenvalue weighted by atomic mass is 35.5. The Kier molecular flexibility index (Phi) is 5.59. The molecule has 1 fully saturated rings. The number of benzene rings is 1. The fourth-order valence-electron chi connectivity index (χ4n) is 2.23. The van der Waals surface area contributed by atoms with Crippen molar-refractivity contribution < 1.29 is 13.2 Å². The van der Waals surface area contributed by atoms with Gasteiger partial charge in [-0.3, -0.25) is 0 Å². The van der Waals surface area contributed by atoms with Crippen molar-refractivity contribution in [1.29, 1.82) is 5.26 Å². The van der Waals surface area contributed by atoms with Crippen molar-refractivity contribution in [3.63, 3.8) is 0 Å². The van der Waals surface area contributed by atoms with E-state index in [1.165, 1.54) is 29.6 Å². The lowest BCUT2D eigenvalue weighted by atomic mass is 10.1. The fraction of sp³-hybridized carbons (Fsp3) is 0.462. The van der Waals surface area contributed by atoms with Gasteiger partial charge in [0.2, 0.25) is 10.0 Å². The SMILES string of the molecule is COc1cc(C#N)ccc1S(=O)(=O)N1CC(C)C(N)C1.Cl. The van der Waals surface area contributed by atoms with E-state index in [9.17, 15) is 8.42 Å². The number of halogens is 1. The summed E-state index contributed by atoms with van der Waals surface area (Å²) in [6, 6.07) is 6.09. The molecule has 1 heterocycles. The van der Waals surface area contributed by atoms with E-state index in [2.05, 4.69) is 0 Å². The first-order chi connectivity index (χ1) is 9.40. The van der Waals surface area contributed by atoms with Crippen LogP contribution in [0.1, 0.15) is 12.5 Å². The predicted molar refractivity (Wildman–Crippen MR) is 80.9 cm³/mol. The maximum absolute atomic E-state index is 12.6. The molecular weight excluding hydrogens is 314 g/mol. The molecule has 0 amide bonds. The largest absolute Gasteiger partial charge is 0.495 e. The van der Waals surface area contributed by atoms with Crippen molar-refractivity contribution in [3.05, 3.63) is 23.8 Å². The lowest BCUT2D eigenvalue weighted by Crippen LogP contribution is -2.32. The maximum Gasteiger partial charge on any atom is 0.246 e. The van der Waals surface area contributed by atoms with Crippen LogP contribution in [0.5, 0.6) is 5.75 Å². The molecule has 6 nitrogen and oxygen atoms in total. The number of nitrogens with two attached hydrogens (primary N) is 1. The molecule has 1 aliphatic heterocycles. The summed E-state index contributed by atoms with van der Waals surface area (Å²) < 4.78 is 31.7. The van der Waals surface area contributed by atoms with E-state index in [4.69, 9.17) is 15.7 Å². The molecule has 1 aromatic rings. The van der Waals surface area contributed by atoms with E-state index in [1.807, 2.05) is 13.0 Å². The van der Waals surface area contributed by atoms with Gasteiger partial charge in [0, 0.05) is 19.1 Å². The van der Waals surface area contributed by atoms with Crippen molar-refractivity contribution >= 4 is 22.4 Å². The Morgan fingerprint density at radius 1 is 1.43 bits per heavy atom. The molecule has 0 spiro atoms. The molecule has 2 atom stereocenters. The van der Waals surface area contributed by atoms with Gasteiger partial charge in [0.1, 0.15) is 10.6 Å². The third-order valence-corrected chi connectivity index (χ3v) is 5.42. The summed E-state index contributed by atoms with van der Waals surface area (Å²) >= 11 is 0. The fourth-order valence-corrected chi connectivity index (χ4v) is 3.95. The number of rotatable bonds is 3. The third kappa shape index (κ3) is 3.30. The standard InChI is InChI=1S/C13H17N3O3S.ClH/c1-9-7-16(8-11(9)15)20(17,18)13-4-3-10(6-14)5-12(13)19-2;/h3-5,9,11H,7-8,15H2,1-2H3;1H. The average molecular weight is 332 g/mol. The average Bonchev–Trinajstić information content (AvgIpc) is 2.78. The van der Waals surface area contributed by atoms with Crippen molar-refractivity contribution in [2.75, 3.05) is 20.2 Å². The summed E-state index contributed by atoms with van der Waals surface area (Å²) in [5.74, 6) is 0.298. The van der Waals surface area contributed by atoms with Gasteiger partial charge in [0.15, 0.2) is 0 Å². The number of hydrogen-bond donors (Lipinski definition) is 1. The van der Waals surface area contributed by atoms with Crippen LogP contribution in [0.15, 0.2) is 23.1 Å². The highest BCUT2D eigenvalue weighted by molar-refractivity contribution is 7.89. The molecule has 2 N–H and O–H groups in total. The summed E-state index contributed by atoms with van der Waals surface area (Å²) in [7, 11) is -2.27. The molecule has 8 heteroatoms. The summed E-state index contributed by atoms with van der Waals surface area (Å²) in [6.07, 6.45) is 0. The lowest BCUT2D eigenvalue weighted by Gasteiger charge is -2.18. The molecule has 21 heavy (non-hydrogen) atoms. The van der Waals surface area contributed by atoms with E-state index in [0.717, 1.165) is 0 Å². The zero-order chi connectivity index (χ0) is 14.9. The molecule has 1 saturated heterocycles. The predicted octanol–water partition coefficient (Wildman–Crippen LogP) is 0.956. The van der Waals surface area contributed by atoms with Gasteiger partial charge < -0.3 is 10.5 Å². The molecule has 0 aliphatic carbocycles. The van der Waals surface area contributed by atoms with Gasteiger partial charge in [-0.2, -0.15) is 9.57 Å². The second-order valence-electron chi connectivity index (χ2n) is 4.94. The second-order valence-corrected chi connectivity index (χ2v) is 6.85. The molecule has 116 valence electrons. The number of ether oxygens (including phenoxy) is 1. The Morgan fingerprint density at radius 3 is 2.57 bits per heavy atom. The van der Waals surface area contributed by atoms with E-state index < -0.39 is 10.0 Å². The van der Waals surface area contributed by atoms with Crippen LogP contribution in [-0.4, -0.2) is 39.0 Å². The van der Waals surface area contributed by atoms with Gasteiger partial charge in [-0.05, 0) is 24.1 Å². The molecule has 2 rings (SSSR count). The minimum absolute atomic E-state index is 0. The first kappa shape index (κ1) is 17.7. The third-order valence-electron chi connectivity index (χ3n) is 3.55. The van der Waals surface area contributed by atoms with Crippen LogP contribution in [0.2, 0.25) is 0 Å². The Morgan fingerprint density at radius 2 is 2.10 bits per heavy atom. The topological polar surface area (TPSA) is 96.4 Å². The Bertz CT molecular complexity index is 647. The summed E-state index contributed by atoms with van der Waals surface area (Å²) in [5.41, 5.74) is 6.23. The number of nitriles is 1. The number of methoxy groups -OCH3 is 1. The molecule has 1 aromatic carbocycles. The van der Waals surface area contributed by atoms with Gasteiger partial charge in [-0.15, -0.1) is 12.4 Å². The van der Waals surface area contributed by atoms with Gasteiger partial charge in [0.05, 0.1) is 18.7 Å². The first-order valence-electron chi connectivity index (χ1n) is 6.24. The highest BCUT2D eigenvalue weighted by Crippen LogP contribution is 2.30. The maximum atomic E-state index is 12.6. The Labute approximate surface area is 130 Å². The zero-order valence-corrected chi connectivity index (χ0v) is 13.4. The van der Waals surface area contributed by atoms with Crippen LogP contribution in [0, 0.1) is 17.2 Å². The van der Waals surface area contributed by atoms with E-state index in [0.29, 0.717) is 18.7 Å². The quantitative estimate of drug-likeness (QED) is 0.889. The van der Waals surface area contributed by atoms with Crippen LogP contribution >= 0.6 is 12.4 Å². The number of hydrogen-bond acceptors (Lipinski definition) is 5. The van der Waals surface area contributed by atoms with Gasteiger partial charge in [-0.25, -0.2) is 8.42 Å². The van der Waals surface area contributed by atoms with Gasteiger partial charge in [0.25, 0.3) is 0 Å². The summed E-state index contributed by atoms with van der Waals surface area (Å²) in [5, 5.41) is 8.85. The molecule has 0 saturated carbocycles. The molecule has 1 aliphatic rings. The molecule has 0 aromatic heterocycles. The summed E-state index contributed by atoms with van der Waals surface area (Å²) in [4.78, 5) is 0.0697. The summed E-state index contributed by atoms with van der Waals surface area (Å²) in [6.45, 7) is 2.62. The normalized spacial score (nSPS) is 22.4. The van der Waals surface area contributed by atoms with Crippen LogP contribution in [0.25, 0.3) is 0 Å². The second kappa shape index (κ2) is 6.62. The molecule has 0 bridgehead atoms. The first-order valence-corrected chi connectivity index (χ1v) is 7.68. The zero-order valence-electron chi connectivity index (χ0n) is 11.8. The lowest BCUT2D eigenvalue weighted by molar-refractivity contribution is 0.397. The monoisotopic (exact) mass is 331 g/mol. The molecule has 2 unspecified atom stereocenters. The smallest absolute Gasteiger partial charge is 0.246 e. The van der Waals surface area contributed by atoms with Crippen molar-refractivity contribution in [3.8, 4) is 11.8 Å². The van der Waals surface area contributed by atoms with Crippen LogP contribution < -0.4 is 10.5 Å². The Balaban J connectivity index is 0.00000220. The van der Waals surface area contributed by atoms with Gasteiger partial charge in [-0.1, -0.05) is 6.92 Å². The van der Waals surface area contributed by atoms with Gasteiger partial charge >= 0.3 is 0 Å². The minimum atomic E-state index is -3.65. The van der Waals surface area contributed by atoms with E-state index in [-0.39, 0.29) is 35.0 Å². The van der Waals surface area contributed by atoms with Crippen molar-refractivity contribution in [2.45, 2.75) is 17.9 Å². The minimum Gasteiger partial charge on any atom is -0.495 e. The van der Waals surface area contributed by atoms with E-state index in [1.54, 1.807) is 0 Å². The number of sulfonamides is 1. The van der Waals surface area contributed by atoms with E-state index >= 15 is 0 Å². The molecular formula is C13H18ClN3O3S. The van der Waals surface area contributed by atoms with Crippen LogP contribution in [0.4, 0.5) is 0 Å². The molecule has 0 radical (unpaired) electrons. The number of nitrogens with zero attached hydrogens (tertiary/aromatic N) is 2. The van der Waals surface area contributed by atoms with Crippen molar-refractivity contribution in [1.82, 2.24) is 4.31 Å². The highest BCUT2D eigenvalue weighted by Gasteiger charge is 2.36. The van der Waals surface area contributed by atoms with Crippen LogP contribution in [0.3, 0.4) is 0 Å². The Hall–Kier alpha value is -1.33. The van der Waals surface area contributed by atoms with Crippen LogP contribution in [-0.2, 0) is 10.0 Å².